The molecule has 0 aliphatic heterocycles. The summed E-state index contributed by atoms with van der Waals surface area (Å²) in [5, 5.41) is 0. The average molecular weight is 248 g/mol. The van der Waals surface area contributed by atoms with Crippen molar-refractivity contribution in [2.75, 3.05) is 13.6 Å². The molecule has 1 amide bonds. The lowest BCUT2D eigenvalue weighted by Crippen LogP contribution is -2.31. The van der Waals surface area contributed by atoms with Gasteiger partial charge in [0.1, 0.15) is 0 Å². The number of H-pyrrole nitrogens is 1. The maximum absolute atomic E-state index is 12.0. The molecule has 0 atom stereocenters. The lowest BCUT2D eigenvalue weighted by molar-refractivity contribution is -0.136. The standard InChI is InChI=1S/C10H11F3N2O2/c1-15(5-3-10(11,12)13)9(17)7-2-4-14-8(16)6-7/h2,4,6H,3,5H2,1H3,(H,14,16). The molecule has 1 aromatic heterocycles. The van der Waals surface area contributed by atoms with Crippen molar-refractivity contribution in [3.05, 3.63) is 34.2 Å². The molecule has 1 rings (SSSR count). The molecule has 0 aromatic carbocycles. The van der Waals surface area contributed by atoms with Crippen molar-refractivity contribution in [2.24, 2.45) is 0 Å². The minimum absolute atomic E-state index is 0.0680. The van der Waals surface area contributed by atoms with E-state index in [9.17, 15) is 22.8 Å². The van der Waals surface area contributed by atoms with Crippen LogP contribution in [-0.2, 0) is 0 Å². The van der Waals surface area contributed by atoms with E-state index in [4.69, 9.17) is 0 Å². The second kappa shape index (κ2) is 5.03. The first-order valence-corrected chi connectivity index (χ1v) is 4.80. The summed E-state index contributed by atoms with van der Waals surface area (Å²) in [6.45, 7) is -0.435. The number of alkyl halides is 3. The molecule has 0 aliphatic carbocycles. The third kappa shape index (κ3) is 4.29. The van der Waals surface area contributed by atoms with Crippen LogP contribution in [0, 0.1) is 0 Å². The van der Waals surface area contributed by atoms with Crippen molar-refractivity contribution < 1.29 is 18.0 Å². The fourth-order valence-electron chi connectivity index (χ4n) is 1.19. The average Bonchev–Trinajstić information content (AvgIpc) is 2.24. The number of hydrogen-bond acceptors (Lipinski definition) is 2. The predicted molar refractivity (Wildman–Crippen MR) is 54.7 cm³/mol. The van der Waals surface area contributed by atoms with Gasteiger partial charge in [0.2, 0.25) is 5.56 Å². The molecular weight excluding hydrogens is 237 g/mol. The number of halogens is 3. The molecule has 1 aromatic rings. The van der Waals surface area contributed by atoms with Gasteiger partial charge in [0.25, 0.3) is 5.91 Å². The highest BCUT2D eigenvalue weighted by Crippen LogP contribution is 2.19. The van der Waals surface area contributed by atoms with Gasteiger partial charge < -0.3 is 9.88 Å². The Balaban J connectivity index is 2.67. The van der Waals surface area contributed by atoms with Crippen LogP contribution in [0.1, 0.15) is 16.8 Å². The number of amides is 1. The highest BCUT2D eigenvalue weighted by Gasteiger charge is 2.28. The topological polar surface area (TPSA) is 53.2 Å². The summed E-state index contributed by atoms with van der Waals surface area (Å²) in [4.78, 5) is 25.8. The van der Waals surface area contributed by atoms with Crippen LogP contribution in [0.5, 0.6) is 0 Å². The second-order valence-corrected chi connectivity index (χ2v) is 3.53. The Bertz CT molecular complexity index is 453. The van der Waals surface area contributed by atoms with Crippen LogP contribution in [-0.4, -0.2) is 35.6 Å². The Morgan fingerprint density at radius 1 is 1.47 bits per heavy atom. The van der Waals surface area contributed by atoms with Gasteiger partial charge in [-0.15, -0.1) is 0 Å². The number of nitrogens with one attached hydrogen (secondary N) is 1. The van der Waals surface area contributed by atoms with Crippen LogP contribution in [0.3, 0.4) is 0 Å². The number of hydrogen-bond donors (Lipinski definition) is 1. The van der Waals surface area contributed by atoms with E-state index < -0.39 is 30.6 Å². The Morgan fingerprint density at radius 2 is 2.12 bits per heavy atom. The summed E-state index contributed by atoms with van der Waals surface area (Å²) in [6, 6.07) is 2.39. The van der Waals surface area contributed by atoms with Crippen LogP contribution in [0.25, 0.3) is 0 Å². The summed E-state index contributed by atoms with van der Waals surface area (Å²) in [5.74, 6) is -0.611. The molecule has 1 heterocycles. The van der Waals surface area contributed by atoms with Gasteiger partial charge in [0.15, 0.2) is 0 Å². The van der Waals surface area contributed by atoms with Crippen LogP contribution >= 0.6 is 0 Å². The summed E-state index contributed by atoms with van der Waals surface area (Å²) in [7, 11) is 1.26. The molecule has 0 fully saturated rings. The normalized spacial score (nSPS) is 11.3. The first kappa shape index (κ1) is 13.3. The van der Waals surface area contributed by atoms with E-state index in [2.05, 4.69) is 4.98 Å². The molecule has 0 bridgehead atoms. The number of carbonyl (C=O) groups is 1. The van der Waals surface area contributed by atoms with Crippen LogP contribution in [0.4, 0.5) is 13.2 Å². The highest BCUT2D eigenvalue weighted by atomic mass is 19.4. The van der Waals surface area contributed by atoms with Gasteiger partial charge in [-0.25, -0.2) is 0 Å². The quantitative estimate of drug-likeness (QED) is 0.879. The number of aromatic amines is 1. The molecule has 0 unspecified atom stereocenters. The molecule has 1 N–H and O–H groups in total. The lowest BCUT2D eigenvalue weighted by atomic mass is 10.2. The first-order chi connectivity index (χ1) is 7.79. The molecule has 4 nitrogen and oxygen atoms in total. The molecule has 0 saturated heterocycles. The van der Waals surface area contributed by atoms with E-state index in [1.54, 1.807) is 0 Å². The predicted octanol–water partition coefficient (Wildman–Crippen LogP) is 1.40. The SMILES string of the molecule is CN(CCC(F)(F)F)C(=O)c1cc[nH]c(=O)c1. The Hall–Kier alpha value is -1.79. The number of carbonyl (C=O) groups excluding carboxylic acids is 1. The van der Waals surface area contributed by atoms with Gasteiger partial charge in [-0.2, -0.15) is 13.2 Å². The van der Waals surface area contributed by atoms with Gasteiger partial charge in [-0.1, -0.05) is 0 Å². The third-order valence-electron chi connectivity index (χ3n) is 2.10. The molecule has 94 valence electrons. The fraction of sp³-hybridized carbons (Fsp3) is 0.400. The largest absolute Gasteiger partial charge is 0.390 e. The molecule has 0 radical (unpaired) electrons. The molecule has 0 aliphatic rings. The first-order valence-electron chi connectivity index (χ1n) is 4.80. The van der Waals surface area contributed by atoms with Crippen molar-refractivity contribution in [2.45, 2.75) is 12.6 Å². The second-order valence-electron chi connectivity index (χ2n) is 3.53. The zero-order valence-corrected chi connectivity index (χ0v) is 9.04. The summed E-state index contributed by atoms with van der Waals surface area (Å²) in [5.41, 5.74) is -0.404. The highest BCUT2D eigenvalue weighted by molar-refractivity contribution is 5.93. The van der Waals surface area contributed by atoms with Crippen molar-refractivity contribution in [1.29, 1.82) is 0 Å². The number of pyridine rings is 1. The zero-order chi connectivity index (χ0) is 13.1. The van der Waals surface area contributed by atoms with Gasteiger partial charge in [-0.05, 0) is 6.07 Å². The van der Waals surface area contributed by atoms with E-state index in [1.165, 1.54) is 19.3 Å². The smallest absolute Gasteiger partial charge is 0.341 e. The van der Waals surface area contributed by atoms with E-state index in [0.29, 0.717) is 0 Å². The Labute approximate surface area is 95.1 Å². The number of rotatable bonds is 3. The molecule has 7 heteroatoms. The summed E-state index contributed by atoms with van der Waals surface area (Å²) in [6.07, 6.45) is -4.10. The van der Waals surface area contributed by atoms with Crippen molar-refractivity contribution in [1.82, 2.24) is 9.88 Å². The maximum atomic E-state index is 12.0. The van der Waals surface area contributed by atoms with E-state index in [0.717, 1.165) is 11.0 Å². The minimum atomic E-state index is -4.30. The van der Waals surface area contributed by atoms with E-state index in [1.807, 2.05) is 0 Å². The van der Waals surface area contributed by atoms with Crippen molar-refractivity contribution >= 4 is 5.91 Å². The Morgan fingerprint density at radius 3 is 2.65 bits per heavy atom. The Kier molecular flexibility index (Phi) is 3.93. The van der Waals surface area contributed by atoms with Gasteiger partial charge in [-0.3, -0.25) is 9.59 Å². The molecule has 0 saturated carbocycles. The third-order valence-corrected chi connectivity index (χ3v) is 2.10. The van der Waals surface area contributed by atoms with Crippen LogP contribution in [0.2, 0.25) is 0 Å². The van der Waals surface area contributed by atoms with E-state index >= 15 is 0 Å². The maximum Gasteiger partial charge on any atom is 0.390 e. The molecule has 17 heavy (non-hydrogen) atoms. The molecular formula is C10H11F3N2O2. The minimum Gasteiger partial charge on any atom is -0.341 e. The number of aromatic nitrogens is 1. The summed E-state index contributed by atoms with van der Waals surface area (Å²) >= 11 is 0. The van der Waals surface area contributed by atoms with Gasteiger partial charge >= 0.3 is 6.18 Å². The van der Waals surface area contributed by atoms with E-state index in [-0.39, 0.29) is 5.56 Å². The van der Waals surface area contributed by atoms with Crippen LogP contribution in [0.15, 0.2) is 23.1 Å². The summed E-state index contributed by atoms with van der Waals surface area (Å²) < 4.78 is 35.9. The lowest BCUT2D eigenvalue weighted by Gasteiger charge is -2.17. The zero-order valence-electron chi connectivity index (χ0n) is 9.04. The van der Waals surface area contributed by atoms with Crippen LogP contribution < -0.4 is 5.56 Å². The number of nitrogens with zero attached hydrogens (tertiary/aromatic N) is 1. The van der Waals surface area contributed by atoms with Crippen molar-refractivity contribution in [3.63, 3.8) is 0 Å². The fourth-order valence-corrected chi connectivity index (χ4v) is 1.19. The monoisotopic (exact) mass is 248 g/mol. The molecule has 0 spiro atoms. The van der Waals surface area contributed by atoms with Crippen molar-refractivity contribution in [3.8, 4) is 0 Å². The van der Waals surface area contributed by atoms with Gasteiger partial charge in [0, 0.05) is 31.4 Å². The van der Waals surface area contributed by atoms with Gasteiger partial charge in [0.05, 0.1) is 6.42 Å².